The summed E-state index contributed by atoms with van der Waals surface area (Å²) in [6.07, 6.45) is 12.9. The lowest BCUT2D eigenvalue weighted by Gasteiger charge is -2.25. The Morgan fingerprint density at radius 2 is 2.07 bits per heavy atom. The number of alkyl halides is 1. The topological polar surface area (TPSA) is 40.0 Å². The summed E-state index contributed by atoms with van der Waals surface area (Å²) < 4.78 is 17.9. The molecule has 1 aliphatic rings. The van der Waals surface area contributed by atoms with Gasteiger partial charge in [-0.25, -0.2) is 4.99 Å². The summed E-state index contributed by atoms with van der Waals surface area (Å²) >= 11 is 3.43. The van der Waals surface area contributed by atoms with Gasteiger partial charge < -0.3 is 14.2 Å². The first-order valence-corrected chi connectivity index (χ1v) is 12.2. The summed E-state index contributed by atoms with van der Waals surface area (Å²) in [5.41, 5.74) is 3.66. The highest BCUT2D eigenvalue weighted by molar-refractivity contribution is 9.09. The van der Waals surface area contributed by atoms with Crippen LogP contribution in [0.1, 0.15) is 75.8 Å². The van der Waals surface area contributed by atoms with E-state index in [-0.39, 0.29) is 5.92 Å². The van der Waals surface area contributed by atoms with Crippen molar-refractivity contribution in [2.75, 3.05) is 19.0 Å². The molecule has 30 heavy (non-hydrogen) atoms. The smallest absolute Gasteiger partial charge is 0.388 e. The number of aryl methyl sites for hydroxylation is 1. The summed E-state index contributed by atoms with van der Waals surface area (Å²) in [5.74, 6) is 1.84. The number of rotatable bonds is 11. The Bertz CT molecular complexity index is 742. The number of nitrogens with zero attached hydrogens (tertiary/aromatic N) is 1. The molecule has 0 radical (unpaired) electrons. The van der Waals surface area contributed by atoms with E-state index in [2.05, 4.69) is 59.6 Å². The molecule has 1 unspecified atom stereocenters. The molecule has 0 saturated carbocycles. The summed E-state index contributed by atoms with van der Waals surface area (Å²) in [6.45, 7) is 8.76. The highest BCUT2D eigenvalue weighted by Gasteiger charge is 2.24. The predicted molar refractivity (Wildman–Crippen MR) is 129 cm³/mol. The second-order valence-corrected chi connectivity index (χ2v) is 8.53. The van der Waals surface area contributed by atoms with E-state index >= 15 is 0 Å². The van der Waals surface area contributed by atoms with E-state index in [1.807, 2.05) is 0 Å². The SMILES string of the molecule is C=COc1cc(CCCCC)cc(OC(=NC)OCCCBr)c1C1C=C(C)CCC1. The van der Waals surface area contributed by atoms with Crippen LogP contribution in [0.25, 0.3) is 0 Å². The largest absolute Gasteiger partial charge is 0.465 e. The number of unbranched alkanes of at least 4 members (excludes halogenated alkanes) is 2. The number of benzene rings is 1. The fourth-order valence-electron chi connectivity index (χ4n) is 3.80. The van der Waals surface area contributed by atoms with Crippen LogP contribution in [0.3, 0.4) is 0 Å². The molecular weight excluding hydrogens is 442 g/mol. The maximum atomic E-state index is 6.23. The van der Waals surface area contributed by atoms with Gasteiger partial charge in [0.15, 0.2) is 0 Å². The second-order valence-electron chi connectivity index (χ2n) is 7.74. The molecule has 1 aromatic carbocycles. The van der Waals surface area contributed by atoms with Crippen molar-refractivity contribution in [3.8, 4) is 11.5 Å². The first kappa shape index (κ1) is 24.5. The molecule has 5 heteroatoms. The normalized spacial score (nSPS) is 16.7. The van der Waals surface area contributed by atoms with E-state index in [0.29, 0.717) is 12.7 Å². The van der Waals surface area contributed by atoms with Crippen molar-refractivity contribution in [1.82, 2.24) is 0 Å². The van der Waals surface area contributed by atoms with E-state index in [4.69, 9.17) is 14.2 Å². The van der Waals surface area contributed by atoms with Crippen LogP contribution in [-0.4, -0.2) is 25.1 Å². The van der Waals surface area contributed by atoms with E-state index in [1.54, 1.807) is 7.05 Å². The molecule has 0 aliphatic heterocycles. The number of ether oxygens (including phenoxy) is 3. The molecule has 4 nitrogen and oxygen atoms in total. The number of aliphatic imine (C=N–C) groups is 1. The molecule has 1 atom stereocenters. The van der Waals surface area contributed by atoms with E-state index in [0.717, 1.165) is 60.9 Å². The quantitative estimate of drug-likeness (QED) is 0.0835. The summed E-state index contributed by atoms with van der Waals surface area (Å²) in [4.78, 5) is 4.22. The first-order chi connectivity index (χ1) is 14.6. The van der Waals surface area contributed by atoms with Gasteiger partial charge in [-0.3, -0.25) is 0 Å². The third-order valence-corrected chi connectivity index (χ3v) is 5.83. The molecule has 0 bridgehead atoms. The third-order valence-electron chi connectivity index (χ3n) is 5.27. The number of halogens is 1. The van der Waals surface area contributed by atoms with Crippen molar-refractivity contribution in [3.63, 3.8) is 0 Å². The Morgan fingerprint density at radius 3 is 2.73 bits per heavy atom. The molecule has 0 heterocycles. The van der Waals surface area contributed by atoms with Gasteiger partial charge in [0.05, 0.1) is 12.9 Å². The maximum absolute atomic E-state index is 6.23. The molecule has 0 amide bonds. The van der Waals surface area contributed by atoms with E-state index in [9.17, 15) is 0 Å². The van der Waals surface area contributed by atoms with Crippen molar-refractivity contribution in [3.05, 3.63) is 47.7 Å². The van der Waals surface area contributed by atoms with Gasteiger partial charge in [0, 0.05) is 23.9 Å². The lowest BCUT2D eigenvalue weighted by Crippen LogP contribution is -2.17. The molecule has 2 rings (SSSR count). The average molecular weight is 478 g/mol. The highest BCUT2D eigenvalue weighted by atomic mass is 79.9. The second kappa shape index (κ2) is 13.5. The molecule has 0 saturated heterocycles. The summed E-state index contributed by atoms with van der Waals surface area (Å²) in [7, 11) is 1.69. The van der Waals surface area contributed by atoms with Gasteiger partial charge in [0.2, 0.25) is 0 Å². The van der Waals surface area contributed by atoms with Gasteiger partial charge in [0.25, 0.3) is 0 Å². The van der Waals surface area contributed by atoms with Gasteiger partial charge in [-0.1, -0.05) is 53.9 Å². The van der Waals surface area contributed by atoms with Crippen LogP contribution in [0.4, 0.5) is 0 Å². The van der Waals surface area contributed by atoms with Crippen LogP contribution in [-0.2, 0) is 11.2 Å². The van der Waals surface area contributed by atoms with Crippen LogP contribution in [0.2, 0.25) is 0 Å². The van der Waals surface area contributed by atoms with Crippen molar-refractivity contribution in [2.45, 2.75) is 71.1 Å². The van der Waals surface area contributed by atoms with Crippen molar-refractivity contribution >= 4 is 22.0 Å². The third kappa shape index (κ3) is 7.50. The molecule has 0 spiro atoms. The number of hydrogen-bond acceptors (Lipinski definition) is 4. The van der Waals surface area contributed by atoms with Crippen molar-refractivity contribution in [2.24, 2.45) is 4.99 Å². The van der Waals surface area contributed by atoms with Gasteiger partial charge in [0.1, 0.15) is 11.5 Å². The zero-order chi connectivity index (χ0) is 21.8. The Labute approximate surface area is 190 Å². The first-order valence-electron chi connectivity index (χ1n) is 11.1. The van der Waals surface area contributed by atoms with Gasteiger partial charge in [-0.05, 0) is 63.1 Å². The molecule has 0 fully saturated rings. The summed E-state index contributed by atoms with van der Waals surface area (Å²) in [6, 6.07) is 4.28. The van der Waals surface area contributed by atoms with Crippen LogP contribution in [0.15, 0.2) is 41.6 Å². The highest BCUT2D eigenvalue weighted by Crippen LogP contribution is 2.43. The molecular formula is C25H36BrNO3. The zero-order valence-corrected chi connectivity index (χ0v) is 20.3. The van der Waals surface area contributed by atoms with Gasteiger partial charge in [-0.2, -0.15) is 0 Å². The Balaban J connectivity index is 2.44. The fraction of sp³-hybridized carbons (Fsp3) is 0.560. The number of hydrogen-bond donors (Lipinski definition) is 0. The Hall–Kier alpha value is -1.75. The minimum atomic E-state index is 0.244. The monoisotopic (exact) mass is 477 g/mol. The average Bonchev–Trinajstić information content (AvgIpc) is 2.73. The molecule has 1 aromatic rings. The molecule has 0 aromatic heterocycles. The van der Waals surface area contributed by atoms with Crippen LogP contribution in [0, 0.1) is 0 Å². The van der Waals surface area contributed by atoms with Crippen LogP contribution >= 0.6 is 15.9 Å². The predicted octanol–water partition coefficient (Wildman–Crippen LogP) is 7.32. The minimum absolute atomic E-state index is 0.244. The van der Waals surface area contributed by atoms with Crippen LogP contribution in [0.5, 0.6) is 11.5 Å². The standard InChI is InChI=1S/C25H36BrNO3/c1-5-7-8-12-20-17-22(28-6-2)24(21-13-9-11-19(3)16-21)23(18-20)30-25(27-4)29-15-10-14-26/h6,16-18,21H,2,5,7-15H2,1,3-4H3. The Kier molecular flexibility index (Phi) is 11.1. The number of allylic oxidation sites excluding steroid dienone is 2. The molecule has 1 aliphatic carbocycles. The van der Waals surface area contributed by atoms with Crippen molar-refractivity contribution in [1.29, 1.82) is 0 Å². The maximum Gasteiger partial charge on any atom is 0.388 e. The zero-order valence-electron chi connectivity index (χ0n) is 18.7. The van der Waals surface area contributed by atoms with Crippen LogP contribution < -0.4 is 9.47 Å². The van der Waals surface area contributed by atoms with Gasteiger partial charge in [-0.15, -0.1) is 0 Å². The molecule has 166 valence electrons. The van der Waals surface area contributed by atoms with Gasteiger partial charge >= 0.3 is 6.08 Å². The lowest BCUT2D eigenvalue weighted by atomic mass is 9.84. The van der Waals surface area contributed by atoms with E-state index in [1.165, 1.54) is 30.2 Å². The molecule has 0 N–H and O–H groups in total. The summed E-state index contributed by atoms with van der Waals surface area (Å²) in [5, 5.41) is 0.881. The van der Waals surface area contributed by atoms with Crippen molar-refractivity contribution < 1.29 is 14.2 Å². The fourth-order valence-corrected chi connectivity index (χ4v) is 4.03. The van der Waals surface area contributed by atoms with E-state index < -0.39 is 0 Å². The Morgan fingerprint density at radius 1 is 1.27 bits per heavy atom. The lowest BCUT2D eigenvalue weighted by molar-refractivity contribution is 0.235. The minimum Gasteiger partial charge on any atom is -0.465 e.